The van der Waals surface area contributed by atoms with E-state index < -0.39 is 11.9 Å². The van der Waals surface area contributed by atoms with Crippen LogP contribution in [0.4, 0.5) is 0 Å². The highest BCUT2D eigenvalue weighted by Gasteiger charge is 2.21. The lowest BCUT2D eigenvalue weighted by molar-refractivity contribution is 0.0554. The Morgan fingerprint density at radius 3 is 2.19 bits per heavy atom. The maximum absolute atomic E-state index is 11.6. The molecule has 16 heavy (non-hydrogen) atoms. The molecule has 0 radical (unpaired) electrons. The van der Waals surface area contributed by atoms with E-state index in [9.17, 15) is 9.59 Å². The first kappa shape index (κ1) is 12.7. The van der Waals surface area contributed by atoms with Crippen LogP contribution in [0, 0.1) is 6.92 Å². The normalized spacial score (nSPS) is 9.75. The number of halogens is 1. The second-order valence-electron chi connectivity index (χ2n) is 3.08. The van der Waals surface area contributed by atoms with Crippen LogP contribution in [-0.2, 0) is 9.47 Å². The van der Waals surface area contributed by atoms with E-state index in [1.807, 2.05) is 0 Å². The maximum Gasteiger partial charge on any atom is 0.339 e. The second kappa shape index (κ2) is 5.12. The zero-order valence-electron chi connectivity index (χ0n) is 9.17. The molecule has 0 aliphatic carbocycles. The molecule has 0 spiro atoms. The van der Waals surface area contributed by atoms with Crippen molar-refractivity contribution in [2.24, 2.45) is 0 Å². The van der Waals surface area contributed by atoms with Crippen LogP contribution < -0.4 is 0 Å². The van der Waals surface area contributed by atoms with E-state index in [1.54, 1.807) is 13.0 Å². The summed E-state index contributed by atoms with van der Waals surface area (Å²) in [5, 5.41) is 0. The summed E-state index contributed by atoms with van der Waals surface area (Å²) in [4.78, 5) is 23.0. The highest BCUT2D eigenvalue weighted by Crippen LogP contribution is 2.24. The van der Waals surface area contributed by atoms with Crippen molar-refractivity contribution in [1.29, 1.82) is 0 Å². The van der Waals surface area contributed by atoms with Crippen molar-refractivity contribution in [2.45, 2.75) is 6.92 Å². The molecule has 0 fully saturated rings. The van der Waals surface area contributed by atoms with Gasteiger partial charge in [0.15, 0.2) is 0 Å². The molecule has 1 aromatic carbocycles. The molecule has 0 atom stereocenters. The van der Waals surface area contributed by atoms with E-state index in [1.165, 1.54) is 20.3 Å². The Balaban J connectivity index is 3.44. The number of carbonyl (C=O) groups is 2. The molecule has 4 nitrogen and oxygen atoms in total. The Labute approximate surface area is 102 Å². The van der Waals surface area contributed by atoms with Crippen LogP contribution in [-0.4, -0.2) is 26.2 Å². The molecule has 0 aliphatic rings. The van der Waals surface area contributed by atoms with Crippen LogP contribution in [0.15, 0.2) is 16.6 Å². The van der Waals surface area contributed by atoms with E-state index in [-0.39, 0.29) is 11.1 Å². The number of rotatable bonds is 2. The second-order valence-corrected chi connectivity index (χ2v) is 3.93. The highest BCUT2D eigenvalue weighted by molar-refractivity contribution is 9.10. The highest BCUT2D eigenvalue weighted by atomic mass is 79.9. The molecule has 0 aliphatic heterocycles. The molecule has 0 saturated heterocycles. The molecular formula is C11H11BrO4. The van der Waals surface area contributed by atoms with Crippen molar-refractivity contribution in [3.63, 3.8) is 0 Å². The first-order valence-electron chi connectivity index (χ1n) is 4.48. The van der Waals surface area contributed by atoms with Gasteiger partial charge in [-0.1, -0.05) is 15.9 Å². The molecule has 5 heteroatoms. The third-order valence-corrected chi connectivity index (χ3v) is 3.05. The summed E-state index contributed by atoms with van der Waals surface area (Å²) in [5.41, 5.74) is 1.08. The van der Waals surface area contributed by atoms with Gasteiger partial charge in [-0.3, -0.25) is 0 Å². The molecule has 1 rings (SSSR count). The minimum Gasteiger partial charge on any atom is -0.465 e. The molecule has 0 saturated carbocycles. The van der Waals surface area contributed by atoms with Crippen LogP contribution in [0.1, 0.15) is 26.3 Å². The van der Waals surface area contributed by atoms with Crippen molar-refractivity contribution in [1.82, 2.24) is 0 Å². The summed E-state index contributed by atoms with van der Waals surface area (Å²) >= 11 is 3.29. The standard InChI is InChI=1S/C11H11BrO4/c1-6-8(12)5-4-7(10(13)15-2)9(6)11(14)16-3/h4-5H,1-3H3. The molecule has 0 aromatic heterocycles. The average Bonchev–Trinajstić information content (AvgIpc) is 2.30. The molecule has 0 heterocycles. The van der Waals surface area contributed by atoms with Gasteiger partial charge in [-0.25, -0.2) is 9.59 Å². The van der Waals surface area contributed by atoms with Crippen molar-refractivity contribution in [2.75, 3.05) is 14.2 Å². The Morgan fingerprint density at radius 2 is 1.69 bits per heavy atom. The van der Waals surface area contributed by atoms with E-state index in [0.717, 1.165) is 4.47 Å². The summed E-state index contributed by atoms with van der Waals surface area (Å²) in [6.07, 6.45) is 0. The minimum absolute atomic E-state index is 0.204. The molecule has 0 N–H and O–H groups in total. The van der Waals surface area contributed by atoms with Gasteiger partial charge in [0, 0.05) is 4.47 Å². The van der Waals surface area contributed by atoms with Gasteiger partial charge >= 0.3 is 11.9 Å². The monoisotopic (exact) mass is 286 g/mol. The van der Waals surface area contributed by atoms with E-state index >= 15 is 0 Å². The number of ether oxygens (including phenoxy) is 2. The largest absolute Gasteiger partial charge is 0.465 e. The Hall–Kier alpha value is -1.36. The number of hydrogen-bond donors (Lipinski definition) is 0. The maximum atomic E-state index is 11.6. The van der Waals surface area contributed by atoms with E-state index in [2.05, 4.69) is 25.4 Å². The zero-order valence-corrected chi connectivity index (χ0v) is 10.8. The number of methoxy groups -OCH3 is 2. The van der Waals surface area contributed by atoms with Gasteiger partial charge in [0.05, 0.1) is 25.3 Å². The number of esters is 2. The van der Waals surface area contributed by atoms with Crippen LogP contribution >= 0.6 is 15.9 Å². The third kappa shape index (κ3) is 2.24. The molecule has 86 valence electrons. The molecule has 0 amide bonds. The Bertz CT molecular complexity index is 440. The lowest BCUT2D eigenvalue weighted by Crippen LogP contribution is -2.13. The number of hydrogen-bond acceptors (Lipinski definition) is 4. The van der Waals surface area contributed by atoms with Crippen molar-refractivity contribution in [3.8, 4) is 0 Å². The lowest BCUT2D eigenvalue weighted by Gasteiger charge is -2.10. The predicted molar refractivity (Wildman–Crippen MR) is 61.6 cm³/mol. The molecule has 0 bridgehead atoms. The van der Waals surface area contributed by atoms with Crippen molar-refractivity contribution < 1.29 is 19.1 Å². The summed E-state index contributed by atoms with van der Waals surface area (Å²) in [6, 6.07) is 3.21. The van der Waals surface area contributed by atoms with Crippen LogP contribution in [0.5, 0.6) is 0 Å². The summed E-state index contributed by atoms with van der Waals surface area (Å²) in [6.45, 7) is 1.72. The molecule has 1 aromatic rings. The number of benzene rings is 1. The molecular weight excluding hydrogens is 276 g/mol. The fourth-order valence-electron chi connectivity index (χ4n) is 1.33. The van der Waals surface area contributed by atoms with Gasteiger partial charge in [0.25, 0.3) is 0 Å². The van der Waals surface area contributed by atoms with Crippen LogP contribution in [0.3, 0.4) is 0 Å². The van der Waals surface area contributed by atoms with Gasteiger partial charge in [-0.15, -0.1) is 0 Å². The topological polar surface area (TPSA) is 52.6 Å². The molecule has 0 unspecified atom stereocenters. The van der Waals surface area contributed by atoms with Gasteiger partial charge in [-0.2, -0.15) is 0 Å². The Kier molecular flexibility index (Phi) is 4.06. The first-order chi connectivity index (χ1) is 7.52. The summed E-state index contributed by atoms with van der Waals surface area (Å²) in [5.74, 6) is -1.12. The van der Waals surface area contributed by atoms with Gasteiger partial charge < -0.3 is 9.47 Å². The summed E-state index contributed by atoms with van der Waals surface area (Å²) < 4.78 is 9.98. The van der Waals surface area contributed by atoms with Crippen molar-refractivity contribution >= 4 is 27.9 Å². The Morgan fingerprint density at radius 1 is 1.12 bits per heavy atom. The average molecular weight is 287 g/mol. The lowest BCUT2D eigenvalue weighted by atomic mass is 10.0. The van der Waals surface area contributed by atoms with E-state index in [4.69, 9.17) is 0 Å². The fourth-order valence-corrected chi connectivity index (χ4v) is 1.66. The fraction of sp³-hybridized carbons (Fsp3) is 0.273. The van der Waals surface area contributed by atoms with E-state index in [0.29, 0.717) is 5.56 Å². The minimum atomic E-state index is -0.559. The first-order valence-corrected chi connectivity index (χ1v) is 5.28. The third-order valence-electron chi connectivity index (χ3n) is 2.19. The predicted octanol–water partition coefficient (Wildman–Crippen LogP) is 2.33. The number of carbonyl (C=O) groups excluding carboxylic acids is 2. The SMILES string of the molecule is COC(=O)c1ccc(Br)c(C)c1C(=O)OC. The zero-order chi connectivity index (χ0) is 12.3. The van der Waals surface area contributed by atoms with Crippen LogP contribution in [0.2, 0.25) is 0 Å². The van der Waals surface area contributed by atoms with Gasteiger partial charge in [0.2, 0.25) is 0 Å². The quantitative estimate of drug-likeness (QED) is 0.783. The van der Waals surface area contributed by atoms with Gasteiger partial charge in [-0.05, 0) is 24.6 Å². The van der Waals surface area contributed by atoms with Crippen LogP contribution in [0.25, 0.3) is 0 Å². The summed E-state index contributed by atoms with van der Waals surface area (Å²) in [7, 11) is 2.53. The van der Waals surface area contributed by atoms with Gasteiger partial charge in [0.1, 0.15) is 0 Å². The van der Waals surface area contributed by atoms with Crippen molar-refractivity contribution in [3.05, 3.63) is 33.3 Å². The smallest absolute Gasteiger partial charge is 0.339 e.